The normalized spacial score (nSPS) is 16.0. The molecule has 0 aromatic heterocycles. The van der Waals surface area contributed by atoms with Gasteiger partial charge in [-0.2, -0.15) is 0 Å². The second-order valence-corrected chi connectivity index (χ2v) is 7.04. The van der Waals surface area contributed by atoms with Gasteiger partial charge < -0.3 is 24.8 Å². The molecule has 0 fully saturated rings. The molecule has 28 heavy (non-hydrogen) atoms. The Bertz CT molecular complexity index is 864. The maximum atomic E-state index is 13.0. The van der Waals surface area contributed by atoms with Crippen molar-refractivity contribution < 1.29 is 24.2 Å². The lowest BCUT2D eigenvalue weighted by Crippen LogP contribution is -2.46. The molecule has 2 aromatic rings. The van der Waals surface area contributed by atoms with Gasteiger partial charge in [0.1, 0.15) is 18.1 Å². The number of nitrogens with one attached hydrogen (secondary N) is 1. The number of amides is 2. The van der Waals surface area contributed by atoms with Crippen molar-refractivity contribution in [2.45, 2.75) is 26.4 Å². The third-order valence-corrected chi connectivity index (χ3v) is 4.84. The lowest BCUT2D eigenvalue weighted by Gasteiger charge is -2.32. The van der Waals surface area contributed by atoms with Gasteiger partial charge in [-0.25, -0.2) is 9.59 Å². The second kappa shape index (κ2) is 8.21. The molecule has 0 spiro atoms. The summed E-state index contributed by atoms with van der Waals surface area (Å²) in [5.74, 6) is 0.370. The molecule has 2 amide bonds. The highest BCUT2D eigenvalue weighted by molar-refractivity contribution is 5.90. The molecular weight excluding hydrogens is 360 g/mol. The molecule has 0 aliphatic carbocycles. The molecule has 1 unspecified atom stereocenters. The number of hydrogen-bond acceptors (Lipinski definition) is 4. The van der Waals surface area contributed by atoms with E-state index < -0.39 is 5.97 Å². The number of carbonyl (C=O) groups excluding carboxylic acids is 1. The van der Waals surface area contributed by atoms with E-state index in [4.69, 9.17) is 9.47 Å². The van der Waals surface area contributed by atoms with Crippen molar-refractivity contribution >= 4 is 17.7 Å². The molecule has 7 heteroatoms. The van der Waals surface area contributed by atoms with Crippen molar-refractivity contribution in [2.24, 2.45) is 5.92 Å². The molecule has 1 heterocycles. The van der Waals surface area contributed by atoms with Crippen LogP contribution in [-0.4, -0.2) is 41.8 Å². The molecule has 1 aliphatic heterocycles. The fraction of sp³-hybridized carbons (Fsp3) is 0.333. The topological polar surface area (TPSA) is 88.1 Å². The first kappa shape index (κ1) is 19.5. The van der Waals surface area contributed by atoms with Gasteiger partial charge in [0.15, 0.2) is 0 Å². The summed E-state index contributed by atoms with van der Waals surface area (Å²) < 4.78 is 11.0. The summed E-state index contributed by atoms with van der Waals surface area (Å²) in [6.07, 6.45) is 0. The summed E-state index contributed by atoms with van der Waals surface area (Å²) in [6.45, 7) is 4.69. The minimum atomic E-state index is -1.01. The largest absolute Gasteiger partial charge is 0.497 e. The molecule has 2 aromatic carbocycles. The molecule has 0 radical (unpaired) electrons. The number of urea groups is 1. The lowest BCUT2D eigenvalue weighted by molar-refractivity contribution is 0.0696. The SMILES string of the molecule is COc1ccc(NC(=O)N2Cc3ccc(C(=O)O)cc3OCC2C(C)C)cc1. The molecular formula is C21H24N2O5. The average Bonchev–Trinajstić information content (AvgIpc) is 2.87. The van der Waals surface area contributed by atoms with Gasteiger partial charge in [-0.1, -0.05) is 19.9 Å². The van der Waals surface area contributed by atoms with Crippen molar-refractivity contribution in [3.63, 3.8) is 0 Å². The highest BCUT2D eigenvalue weighted by Crippen LogP contribution is 2.29. The summed E-state index contributed by atoms with van der Waals surface area (Å²) in [7, 11) is 1.59. The number of rotatable bonds is 4. The third kappa shape index (κ3) is 4.19. The van der Waals surface area contributed by atoms with E-state index in [1.807, 2.05) is 13.8 Å². The van der Waals surface area contributed by atoms with E-state index in [0.717, 1.165) is 5.56 Å². The molecule has 1 atom stereocenters. The van der Waals surface area contributed by atoms with E-state index in [0.29, 0.717) is 30.3 Å². The van der Waals surface area contributed by atoms with Crippen LogP contribution in [0.4, 0.5) is 10.5 Å². The Morgan fingerprint density at radius 3 is 2.54 bits per heavy atom. The number of aromatic carboxylic acids is 1. The van der Waals surface area contributed by atoms with Crippen LogP contribution in [0.25, 0.3) is 0 Å². The minimum Gasteiger partial charge on any atom is -0.497 e. The number of carbonyl (C=O) groups is 2. The van der Waals surface area contributed by atoms with E-state index in [1.54, 1.807) is 42.3 Å². The summed E-state index contributed by atoms with van der Waals surface area (Å²) in [5, 5.41) is 12.1. The number of carboxylic acids is 1. The Balaban J connectivity index is 1.85. The van der Waals surface area contributed by atoms with E-state index >= 15 is 0 Å². The number of anilines is 1. The second-order valence-electron chi connectivity index (χ2n) is 7.04. The van der Waals surface area contributed by atoms with Crippen LogP contribution in [0.2, 0.25) is 0 Å². The summed E-state index contributed by atoms with van der Waals surface area (Å²) in [4.78, 5) is 26.0. The van der Waals surface area contributed by atoms with Crippen LogP contribution in [-0.2, 0) is 6.54 Å². The van der Waals surface area contributed by atoms with Gasteiger partial charge in [0.05, 0.1) is 25.3 Å². The number of carboxylic acid groups (broad SMARTS) is 1. The van der Waals surface area contributed by atoms with E-state index in [9.17, 15) is 14.7 Å². The molecule has 3 rings (SSSR count). The zero-order valence-corrected chi connectivity index (χ0v) is 16.1. The van der Waals surface area contributed by atoms with Gasteiger partial charge in [0.25, 0.3) is 0 Å². The maximum Gasteiger partial charge on any atom is 0.335 e. The Labute approximate surface area is 163 Å². The van der Waals surface area contributed by atoms with Gasteiger partial charge in [-0.15, -0.1) is 0 Å². The predicted molar refractivity (Wildman–Crippen MR) is 105 cm³/mol. The molecule has 2 N–H and O–H groups in total. The van der Waals surface area contributed by atoms with Crippen LogP contribution in [0.5, 0.6) is 11.5 Å². The zero-order valence-electron chi connectivity index (χ0n) is 16.1. The summed E-state index contributed by atoms with van der Waals surface area (Å²) in [5.41, 5.74) is 1.61. The van der Waals surface area contributed by atoms with Gasteiger partial charge in [0, 0.05) is 11.3 Å². The monoisotopic (exact) mass is 384 g/mol. The minimum absolute atomic E-state index is 0.154. The quantitative estimate of drug-likeness (QED) is 0.836. The first-order valence-corrected chi connectivity index (χ1v) is 9.09. The number of methoxy groups -OCH3 is 1. The van der Waals surface area contributed by atoms with Crippen LogP contribution in [0.3, 0.4) is 0 Å². The molecule has 148 valence electrons. The van der Waals surface area contributed by atoms with Crippen molar-refractivity contribution in [1.82, 2.24) is 4.90 Å². The average molecular weight is 384 g/mol. The number of hydrogen-bond donors (Lipinski definition) is 2. The van der Waals surface area contributed by atoms with Crippen molar-refractivity contribution in [3.05, 3.63) is 53.6 Å². The first-order valence-electron chi connectivity index (χ1n) is 9.09. The Morgan fingerprint density at radius 1 is 1.21 bits per heavy atom. The first-order chi connectivity index (χ1) is 13.4. The highest BCUT2D eigenvalue weighted by atomic mass is 16.5. The molecule has 7 nitrogen and oxygen atoms in total. The smallest absolute Gasteiger partial charge is 0.335 e. The third-order valence-electron chi connectivity index (χ3n) is 4.84. The van der Waals surface area contributed by atoms with E-state index in [2.05, 4.69) is 5.32 Å². The van der Waals surface area contributed by atoms with Gasteiger partial charge in [-0.05, 0) is 42.3 Å². The number of fused-ring (bicyclic) bond motifs is 1. The Morgan fingerprint density at radius 2 is 1.93 bits per heavy atom. The summed E-state index contributed by atoms with van der Waals surface area (Å²) in [6, 6.07) is 11.5. The van der Waals surface area contributed by atoms with Crippen LogP contribution in [0.1, 0.15) is 29.8 Å². The fourth-order valence-electron chi connectivity index (χ4n) is 3.16. The van der Waals surface area contributed by atoms with Crippen molar-refractivity contribution in [2.75, 3.05) is 19.0 Å². The van der Waals surface area contributed by atoms with E-state index in [-0.39, 0.29) is 23.6 Å². The molecule has 0 saturated heterocycles. The predicted octanol–water partition coefficient (Wildman–Crippen LogP) is 3.84. The zero-order chi connectivity index (χ0) is 20.3. The van der Waals surface area contributed by atoms with Crippen LogP contribution in [0, 0.1) is 5.92 Å². The Hall–Kier alpha value is -3.22. The van der Waals surface area contributed by atoms with Crippen LogP contribution >= 0.6 is 0 Å². The van der Waals surface area contributed by atoms with E-state index in [1.165, 1.54) is 12.1 Å². The fourth-order valence-corrected chi connectivity index (χ4v) is 3.16. The Kier molecular flexibility index (Phi) is 5.73. The summed E-state index contributed by atoms with van der Waals surface area (Å²) >= 11 is 0. The molecule has 0 bridgehead atoms. The van der Waals surface area contributed by atoms with Crippen molar-refractivity contribution in [3.8, 4) is 11.5 Å². The lowest BCUT2D eigenvalue weighted by atomic mass is 10.0. The molecule has 0 saturated carbocycles. The maximum absolute atomic E-state index is 13.0. The van der Waals surface area contributed by atoms with Gasteiger partial charge in [-0.3, -0.25) is 0 Å². The number of ether oxygens (including phenoxy) is 2. The van der Waals surface area contributed by atoms with Crippen LogP contribution < -0.4 is 14.8 Å². The highest BCUT2D eigenvalue weighted by Gasteiger charge is 2.31. The van der Waals surface area contributed by atoms with Gasteiger partial charge in [0.2, 0.25) is 0 Å². The van der Waals surface area contributed by atoms with Crippen LogP contribution in [0.15, 0.2) is 42.5 Å². The van der Waals surface area contributed by atoms with Gasteiger partial charge >= 0.3 is 12.0 Å². The number of benzene rings is 2. The molecule has 1 aliphatic rings. The van der Waals surface area contributed by atoms with Crippen molar-refractivity contribution in [1.29, 1.82) is 0 Å². The number of nitrogens with zero attached hydrogens (tertiary/aromatic N) is 1. The standard InChI is InChI=1S/C21H24N2O5/c1-13(2)18-12-28-19-10-14(20(24)25)4-5-15(19)11-23(18)21(26)22-16-6-8-17(27-3)9-7-16/h4-10,13,18H,11-12H2,1-3H3,(H,22,26)(H,24,25).